The number of aryl methyl sites for hydroxylation is 2. The zero-order chi connectivity index (χ0) is 11.6. The number of hydrogen-bond acceptors (Lipinski definition) is 2. The summed E-state index contributed by atoms with van der Waals surface area (Å²) in [6.07, 6.45) is 0. The van der Waals surface area contributed by atoms with E-state index in [2.05, 4.69) is 32.0 Å². The first-order valence-corrected chi connectivity index (χ1v) is 5.26. The number of nitrogens with two attached hydrogens (primary N) is 1. The molecule has 2 heteroatoms. The van der Waals surface area contributed by atoms with Crippen molar-refractivity contribution in [3.8, 4) is 0 Å². The summed E-state index contributed by atoms with van der Waals surface area (Å²) in [5.74, 6) is 0. The van der Waals surface area contributed by atoms with Gasteiger partial charge in [0.2, 0.25) is 0 Å². The topological polar surface area (TPSA) is 35.2 Å². The molecule has 0 bridgehead atoms. The summed E-state index contributed by atoms with van der Waals surface area (Å²) in [6, 6.07) is 6.25. The van der Waals surface area contributed by atoms with Gasteiger partial charge in [0.15, 0.2) is 0 Å². The standard InChI is InChI=1S/C13H21NO/c1-9-6-7-10(2)11(8-9)12(14)13(3,4)15-5/h6-8,12H,14H2,1-5H3. The molecule has 84 valence electrons. The Kier molecular flexibility index (Phi) is 3.53. The Morgan fingerprint density at radius 1 is 1.27 bits per heavy atom. The van der Waals surface area contributed by atoms with Crippen LogP contribution in [0.5, 0.6) is 0 Å². The van der Waals surface area contributed by atoms with Crippen LogP contribution in [-0.4, -0.2) is 12.7 Å². The molecule has 2 nitrogen and oxygen atoms in total. The van der Waals surface area contributed by atoms with Crippen LogP contribution in [0.4, 0.5) is 0 Å². The Morgan fingerprint density at radius 2 is 1.87 bits per heavy atom. The van der Waals surface area contributed by atoms with E-state index < -0.39 is 0 Å². The number of hydrogen-bond donors (Lipinski definition) is 1. The molecule has 0 heterocycles. The predicted octanol–water partition coefficient (Wildman–Crippen LogP) is 2.73. The van der Waals surface area contributed by atoms with Crippen molar-refractivity contribution in [1.82, 2.24) is 0 Å². The van der Waals surface area contributed by atoms with Crippen molar-refractivity contribution in [1.29, 1.82) is 0 Å². The maximum atomic E-state index is 6.23. The van der Waals surface area contributed by atoms with Gasteiger partial charge in [0.1, 0.15) is 0 Å². The second-order valence-electron chi connectivity index (χ2n) is 4.65. The highest BCUT2D eigenvalue weighted by molar-refractivity contribution is 5.34. The van der Waals surface area contributed by atoms with Crippen LogP contribution in [0.25, 0.3) is 0 Å². The summed E-state index contributed by atoms with van der Waals surface area (Å²) < 4.78 is 5.42. The lowest BCUT2D eigenvalue weighted by Crippen LogP contribution is -2.37. The van der Waals surface area contributed by atoms with E-state index in [1.54, 1.807) is 7.11 Å². The highest BCUT2D eigenvalue weighted by Gasteiger charge is 2.28. The third-order valence-corrected chi connectivity index (χ3v) is 3.04. The Morgan fingerprint density at radius 3 is 2.40 bits per heavy atom. The fourth-order valence-corrected chi connectivity index (χ4v) is 1.60. The van der Waals surface area contributed by atoms with Crippen LogP contribution in [0.3, 0.4) is 0 Å². The smallest absolute Gasteiger partial charge is 0.0814 e. The Labute approximate surface area is 92.4 Å². The predicted molar refractivity (Wildman–Crippen MR) is 63.9 cm³/mol. The first kappa shape index (κ1) is 12.2. The normalized spacial score (nSPS) is 14.0. The molecule has 2 N–H and O–H groups in total. The first-order chi connectivity index (χ1) is 6.88. The number of benzene rings is 1. The van der Waals surface area contributed by atoms with Gasteiger partial charge in [0, 0.05) is 7.11 Å². The molecule has 1 aromatic carbocycles. The molecule has 15 heavy (non-hydrogen) atoms. The second kappa shape index (κ2) is 4.33. The molecular weight excluding hydrogens is 186 g/mol. The van der Waals surface area contributed by atoms with Crippen molar-refractivity contribution in [2.24, 2.45) is 5.73 Å². The molecule has 0 aliphatic carbocycles. The summed E-state index contributed by atoms with van der Waals surface area (Å²) in [5.41, 5.74) is 9.52. The van der Waals surface area contributed by atoms with Crippen LogP contribution in [0.15, 0.2) is 18.2 Å². The largest absolute Gasteiger partial charge is 0.377 e. The van der Waals surface area contributed by atoms with E-state index in [1.165, 1.54) is 16.7 Å². The van der Waals surface area contributed by atoms with Crippen molar-refractivity contribution in [3.63, 3.8) is 0 Å². The van der Waals surface area contributed by atoms with Crippen molar-refractivity contribution >= 4 is 0 Å². The third-order valence-electron chi connectivity index (χ3n) is 3.04. The fraction of sp³-hybridized carbons (Fsp3) is 0.538. The van der Waals surface area contributed by atoms with E-state index >= 15 is 0 Å². The average molecular weight is 207 g/mol. The van der Waals surface area contributed by atoms with Crippen LogP contribution < -0.4 is 5.73 Å². The minimum atomic E-state index is -0.335. The van der Waals surface area contributed by atoms with E-state index in [-0.39, 0.29) is 11.6 Å². The van der Waals surface area contributed by atoms with Gasteiger partial charge in [0.05, 0.1) is 11.6 Å². The van der Waals surface area contributed by atoms with Crippen LogP contribution in [0.1, 0.15) is 36.6 Å². The molecule has 1 unspecified atom stereocenters. The van der Waals surface area contributed by atoms with E-state index in [0.717, 1.165) is 0 Å². The molecular formula is C13H21NO. The SMILES string of the molecule is COC(C)(C)C(N)c1cc(C)ccc1C. The summed E-state index contributed by atoms with van der Waals surface area (Å²) >= 11 is 0. The van der Waals surface area contributed by atoms with Crippen LogP contribution in [-0.2, 0) is 4.74 Å². The van der Waals surface area contributed by atoms with Crippen LogP contribution >= 0.6 is 0 Å². The van der Waals surface area contributed by atoms with Gasteiger partial charge in [-0.25, -0.2) is 0 Å². The monoisotopic (exact) mass is 207 g/mol. The van der Waals surface area contributed by atoms with Crippen molar-refractivity contribution in [2.45, 2.75) is 39.3 Å². The Balaban J connectivity index is 3.10. The summed E-state index contributed by atoms with van der Waals surface area (Å²) in [7, 11) is 1.70. The lowest BCUT2D eigenvalue weighted by atomic mass is 9.89. The van der Waals surface area contributed by atoms with Gasteiger partial charge >= 0.3 is 0 Å². The quantitative estimate of drug-likeness (QED) is 0.827. The zero-order valence-corrected chi connectivity index (χ0v) is 10.3. The molecule has 0 aliphatic heterocycles. The fourth-order valence-electron chi connectivity index (χ4n) is 1.60. The lowest BCUT2D eigenvalue weighted by Gasteiger charge is -2.31. The van der Waals surface area contributed by atoms with Gasteiger partial charge < -0.3 is 10.5 Å². The number of rotatable bonds is 3. The van der Waals surface area contributed by atoms with Crippen molar-refractivity contribution < 1.29 is 4.74 Å². The molecule has 0 fully saturated rings. The molecule has 1 aromatic rings. The number of methoxy groups -OCH3 is 1. The minimum Gasteiger partial charge on any atom is -0.377 e. The van der Waals surface area contributed by atoms with Gasteiger partial charge in [-0.3, -0.25) is 0 Å². The average Bonchev–Trinajstić information content (AvgIpc) is 2.20. The summed E-state index contributed by atoms with van der Waals surface area (Å²) in [6.45, 7) is 8.19. The summed E-state index contributed by atoms with van der Waals surface area (Å²) in [5, 5.41) is 0. The molecule has 0 amide bonds. The van der Waals surface area contributed by atoms with Gasteiger partial charge in [0.25, 0.3) is 0 Å². The third kappa shape index (κ3) is 2.58. The Bertz CT molecular complexity index is 344. The molecule has 0 radical (unpaired) electrons. The van der Waals surface area contributed by atoms with E-state index in [1.807, 2.05) is 13.8 Å². The molecule has 0 saturated carbocycles. The van der Waals surface area contributed by atoms with Crippen molar-refractivity contribution in [2.75, 3.05) is 7.11 Å². The van der Waals surface area contributed by atoms with Gasteiger partial charge in [-0.2, -0.15) is 0 Å². The first-order valence-electron chi connectivity index (χ1n) is 5.26. The minimum absolute atomic E-state index is 0.0950. The highest BCUT2D eigenvalue weighted by Crippen LogP contribution is 2.28. The molecule has 0 aromatic heterocycles. The molecule has 0 spiro atoms. The van der Waals surface area contributed by atoms with Crippen LogP contribution in [0, 0.1) is 13.8 Å². The molecule has 1 rings (SSSR count). The van der Waals surface area contributed by atoms with Crippen molar-refractivity contribution in [3.05, 3.63) is 34.9 Å². The molecule has 0 saturated heterocycles. The maximum absolute atomic E-state index is 6.23. The van der Waals surface area contributed by atoms with E-state index in [0.29, 0.717) is 0 Å². The highest BCUT2D eigenvalue weighted by atomic mass is 16.5. The van der Waals surface area contributed by atoms with E-state index in [4.69, 9.17) is 10.5 Å². The summed E-state index contributed by atoms with van der Waals surface area (Å²) in [4.78, 5) is 0. The van der Waals surface area contributed by atoms with E-state index in [9.17, 15) is 0 Å². The van der Waals surface area contributed by atoms with Gasteiger partial charge in [-0.15, -0.1) is 0 Å². The lowest BCUT2D eigenvalue weighted by molar-refractivity contribution is -0.000197. The zero-order valence-electron chi connectivity index (χ0n) is 10.3. The van der Waals surface area contributed by atoms with Crippen LogP contribution in [0.2, 0.25) is 0 Å². The molecule has 1 atom stereocenters. The van der Waals surface area contributed by atoms with Gasteiger partial charge in [-0.1, -0.05) is 23.8 Å². The Hall–Kier alpha value is -0.860. The molecule has 0 aliphatic rings. The second-order valence-corrected chi connectivity index (χ2v) is 4.65. The maximum Gasteiger partial charge on any atom is 0.0814 e. The number of ether oxygens (including phenoxy) is 1. The van der Waals surface area contributed by atoms with Gasteiger partial charge in [-0.05, 0) is 38.8 Å².